The molecule has 1 aliphatic rings. The van der Waals surface area contributed by atoms with Gasteiger partial charge in [-0.1, -0.05) is 32.0 Å². The summed E-state index contributed by atoms with van der Waals surface area (Å²) in [5, 5.41) is 0. The Labute approximate surface area is 176 Å². The maximum absolute atomic E-state index is 13.1. The average molecular weight is 436 g/mol. The Morgan fingerprint density at radius 1 is 1.20 bits per heavy atom. The Morgan fingerprint density at radius 2 is 1.90 bits per heavy atom. The normalized spacial score (nSPS) is 16.6. The first kappa shape index (κ1) is 22.2. The second-order valence-corrected chi connectivity index (χ2v) is 9.15. The zero-order valence-electron chi connectivity index (χ0n) is 17.1. The lowest BCUT2D eigenvalue weighted by Crippen LogP contribution is -2.39. The molecule has 0 bridgehead atoms. The van der Waals surface area contributed by atoms with Crippen LogP contribution in [0.4, 0.5) is 4.39 Å². The van der Waals surface area contributed by atoms with Crippen LogP contribution in [0, 0.1) is 11.7 Å². The molecule has 0 aliphatic carbocycles. The van der Waals surface area contributed by atoms with Crippen molar-refractivity contribution in [2.45, 2.75) is 44.2 Å². The van der Waals surface area contributed by atoms with E-state index < -0.39 is 15.9 Å². The van der Waals surface area contributed by atoms with Crippen LogP contribution in [0.5, 0.6) is 5.75 Å². The van der Waals surface area contributed by atoms with Crippen LogP contribution in [-0.2, 0) is 26.2 Å². The highest BCUT2D eigenvalue weighted by Gasteiger charge is 2.26. The van der Waals surface area contributed by atoms with E-state index >= 15 is 0 Å². The van der Waals surface area contributed by atoms with Crippen molar-refractivity contribution < 1.29 is 26.5 Å². The number of amides is 1. The molecule has 0 aromatic heterocycles. The molecule has 2 aromatic carbocycles. The quantitative estimate of drug-likeness (QED) is 0.591. The van der Waals surface area contributed by atoms with E-state index in [0.717, 1.165) is 37.1 Å². The third kappa shape index (κ3) is 5.58. The van der Waals surface area contributed by atoms with Gasteiger partial charge in [0, 0.05) is 31.2 Å². The summed E-state index contributed by atoms with van der Waals surface area (Å²) in [4.78, 5) is 14.3. The summed E-state index contributed by atoms with van der Waals surface area (Å²) >= 11 is 0. The molecule has 0 spiro atoms. The molecule has 0 radical (unpaired) electrons. The fraction of sp³-hybridized carbons (Fsp3) is 0.409. The number of para-hydroxylation sites is 1. The Bertz CT molecular complexity index is 969. The number of rotatable bonds is 8. The highest BCUT2D eigenvalue weighted by atomic mass is 32.2. The lowest BCUT2D eigenvalue weighted by Gasteiger charge is -2.28. The van der Waals surface area contributed by atoms with Crippen molar-refractivity contribution >= 4 is 16.0 Å². The summed E-state index contributed by atoms with van der Waals surface area (Å²) in [7, 11) is -4.14. The standard InChI is InChI=1S/C22H26FNO5S/c1-16(2)22(25)24(15-19-7-5-13-28-19)14-17-6-3-4-8-21(17)29-30(26,27)20-11-9-18(23)10-12-20/h3-4,6,8-12,16,19H,5,7,13-15H2,1-2H3. The van der Waals surface area contributed by atoms with Crippen LogP contribution in [-0.4, -0.2) is 38.5 Å². The monoisotopic (exact) mass is 435 g/mol. The zero-order chi connectivity index (χ0) is 21.7. The van der Waals surface area contributed by atoms with Gasteiger partial charge in [-0.05, 0) is 43.2 Å². The number of carbonyl (C=O) groups excluding carboxylic acids is 1. The fourth-order valence-corrected chi connectivity index (χ4v) is 4.29. The molecule has 1 heterocycles. The highest BCUT2D eigenvalue weighted by molar-refractivity contribution is 7.87. The smallest absolute Gasteiger partial charge is 0.339 e. The van der Waals surface area contributed by atoms with Crippen molar-refractivity contribution in [1.29, 1.82) is 0 Å². The van der Waals surface area contributed by atoms with E-state index in [1.165, 1.54) is 0 Å². The lowest BCUT2D eigenvalue weighted by atomic mass is 10.1. The minimum Gasteiger partial charge on any atom is -0.379 e. The van der Waals surface area contributed by atoms with Crippen molar-refractivity contribution in [3.8, 4) is 5.75 Å². The summed E-state index contributed by atoms with van der Waals surface area (Å²) in [6.07, 6.45) is 1.83. The van der Waals surface area contributed by atoms with Gasteiger partial charge in [-0.2, -0.15) is 8.42 Å². The van der Waals surface area contributed by atoms with Crippen LogP contribution >= 0.6 is 0 Å². The SMILES string of the molecule is CC(C)C(=O)N(Cc1ccccc1OS(=O)(=O)c1ccc(F)cc1)CC1CCCO1. The van der Waals surface area contributed by atoms with Gasteiger partial charge in [0.25, 0.3) is 0 Å². The molecule has 0 N–H and O–H groups in total. The second-order valence-electron chi connectivity index (χ2n) is 7.61. The van der Waals surface area contributed by atoms with E-state index in [4.69, 9.17) is 8.92 Å². The molecule has 2 aromatic rings. The van der Waals surface area contributed by atoms with E-state index in [0.29, 0.717) is 18.7 Å². The van der Waals surface area contributed by atoms with Crippen LogP contribution in [0.25, 0.3) is 0 Å². The molecule has 8 heteroatoms. The number of hydrogen-bond donors (Lipinski definition) is 0. The molecule has 6 nitrogen and oxygen atoms in total. The fourth-order valence-electron chi connectivity index (χ4n) is 3.32. The van der Waals surface area contributed by atoms with Gasteiger partial charge in [-0.3, -0.25) is 4.79 Å². The zero-order valence-corrected chi connectivity index (χ0v) is 17.9. The number of benzene rings is 2. The summed E-state index contributed by atoms with van der Waals surface area (Å²) in [6.45, 7) is 4.98. The molecule has 1 unspecified atom stereocenters. The summed E-state index contributed by atoms with van der Waals surface area (Å²) in [5.41, 5.74) is 0.565. The van der Waals surface area contributed by atoms with Crippen LogP contribution < -0.4 is 4.18 Å². The molecule has 1 fully saturated rings. The van der Waals surface area contributed by atoms with Crippen molar-refractivity contribution in [3.05, 3.63) is 59.9 Å². The van der Waals surface area contributed by atoms with Gasteiger partial charge in [-0.15, -0.1) is 0 Å². The van der Waals surface area contributed by atoms with Crippen LogP contribution in [0.2, 0.25) is 0 Å². The maximum atomic E-state index is 13.1. The number of halogens is 1. The molecular formula is C22H26FNO5S. The molecule has 0 saturated carbocycles. The minimum absolute atomic E-state index is 0.0243. The van der Waals surface area contributed by atoms with E-state index in [2.05, 4.69) is 0 Å². The van der Waals surface area contributed by atoms with Gasteiger partial charge >= 0.3 is 10.1 Å². The molecule has 1 aliphatic heterocycles. The van der Waals surface area contributed by atoms with E-state index in [-0.39, 0.29) is 35.1 Å². The maximum Gasteiger partial charge on any atom is 0.339 e. The Kier molecular flexibility index (Phi) is 7.10. The van der Waals surface area contributed by atoms with E-state index in [1.54, 1.807) is 29.2 Å². The Hall–Kier alpha value is -2.45. The molecule has 162 valence electrons. The highest BCUT2D eigenvalue weighted by Crippen LogP contribution is 2.26. The predicted octanol–water partition coefficient (Wildman–Crippen LogP) is 3.76. The van der Waals surface area contributed by atoms with Crippen LogP contribution in [0.1, 0.15) is 32.3 Å². The van der Waals surface area contributed by atoms with Crippen LogP contribution in [0.15, 0.2) is 53.4 Å². The van der Waals surface area contributed by atoms with Gasteiger partial charge in [0.15, 0.2) is 0 Å². The van der Waals surface area contributed by atoms with Crippen molar-refractivity contribution in [1.82, 2.24) is 4.90 Å². The van der Waals surface area contributed by atoms with Gasteiger partial charge in [0.2, 0.25) is 5.91 Å². The number of nitrogens with zero attached hydrogens (tertiary/aromatic N) is 1. The van der Waals surface area contributed by atoms with Crippen molar-refractivity contribution in [3.63, 3.8) is 0 Å². The van der Waals surface area contributed by atoms with E-state index in [9.17, 15) is 17.6 Å². The second kappa shape index (κ2) is 9.57. The van der Waals surface area contributed by atoms with E-state index in [1.807, 2.05) is 13.8 Å². The average Bonchev–Trinajstić information content (AvgIpc) is 3.21. The number of carbonyl (C=O) groups is 1. The molecule has 1 amide bonds. The first-order valence-electron chi connectivity index (χ1n) is 9.94. The summed E-state index contributed by atoms with van der Waals surface area (Å²) in [6, 6.07) is 11.1. The lowest BCUT2D eigenvalue weighted by molar-refractivity contribution is -0.136. The summed E-state index contributed by atoms with van der Waals surface area (Å²) in [5.74, 6) is -0.647. The van der Waals surface area contributed by atoms with Crippen molar-refractivity contribution in [2.75, 3.05) is 13.2 Å². The molecular weight excluding hydrogens is 409 g/mol. The number of hydrogen-bond acceptors (Lipinski definition) is 5. The predicted molar refractivity (Wildman–Crippen MR) is 110 cm³/mol. The molecule has 3 rings (SSSR count). The van der Waals surface area contributed by atoms with Crippen molar-refractivity contribution in [2.24, 2.45) is 5.92 Å². The third-order valence-corrected chi connectivity index (χ3v) is 6.14. The Balaban J connectivity index is 1.83. The topological polar surface area (TPSA) is 72.9 Å². The van der Waals surface area contributed by atoms with Gasteiger partial charge in [-0.25, -0.2) is 4.39 Å². The molecule has 1 atom stereocenters. The largest absolute Gasteiger partial charge is 0.379 e. The first-order valence-corrected chi connectivity index (χ1v) is 11.4. The summed E-state index contributed by atoms with van der Waals surface area (Å²) < 4.78 is 49.4. The van der Waals surface area contributed by atoms with Gasteiger partial charge in [0.1, 0.15) is 16.5 Å². The minimum atomic E-state index is -4.14. The molecule has 1 saturated heterocycles. The van der Waals surface area contributed by atoms with Crippen LogP contribution in [0.3, 0.4) is 0 Å². The molecule has 30 heavy (non-hydrogen) atoms. The number of ether oxygens (including phenoxy) is 1. The van der Waals surface area contributed by atoms with Gasteiger partial charge in [0.05, 0.1) is 6.10 Å². The Morgan fingerprint density at radius 3 is 2.53 bits per heavy atom. The van der Waals surface area contributed by atoms with Gasteiger partial charge < -0.3 is 13.8 Å². The third-order valence-electron chi connectivity index (χ3n) is 4.89. The first-order chi connectivity index (χ1) is 14.3.